The van der Waals surface area contributed by atoms with Crippen LogP contribution in [0.1, 0.15) is 0 Å². The van der Waals surface area contributed by atoms with Crippen molar-refractivity contribution in [3.05, 3.63) is 81.7 Å². The van der Waals surface area contributed by atoms with Crippen molar-refractivity contribution in [2.24, 2.45) is 0 Å². The molecule has 0 bridgehead atoms. The quantitative estimate of drug-likeness (QED) is 0.297. The molecule has 0 N–H and O–H groups in total. The maximum Gasteiger partial charge on any atom is 0.0355 e. The molecule has 0 spiro atoms. The van der Waals surface area contributed by atoms with Gasteiger partial charge >= 0.3 is 0 Å². The van der Waals surface area contributed by atoms with Crippen molar-refractivity contribution < 1.29 is 0 Å². The van der Waals surface area contributed by atoms with E-state index in [2.05, 4.69) is 105 Å². The van der Waals surface area contributed by atoms with Crippen molar-refractivity contribution >= 4 is 53.3 Å². The number of hydrogen-bond acceptors (Lipinski definition) is 1. The van der Waals surface area contributed by atoms with Crippen LogP contribution in [0, 0.1) is 0 Å². The largest absolute Gasteiger partial charge is 0.135 e. The predicted octanol–water partition coefficient (Wildman–Crippen LogP) is 7.76. The zero-order valence-corrected chi connectivity index (χ0v) is 16.1. The number of benzene rings is 3. The van der Waals surface area contributed by atoms with Gasteiger partial charge in [0.25, 0.3) is 0 Å². The molecule has 0 aliphatic heterocycles. The average molecular weight is 444 g/mol. The van der Waals surface area contributed by atoms with Crippen LogP contribution < -0.4 is 0 Å². The van der Waals surface area contributed by atoms with Crippen LogP contribution in [-0.2, 0) is 0 Å². The maximum absolute atomic E-state index is 3.55. The minimum Gasteiger partial charge on any atom is -0.135 e. The molecule has 4 aromatic rings. The van der Waals surface area contributed by atoms with Crippen LogP contribution in [0.3, 0.4) is 0 Å². The smallest absolute Gasteiger partial charge is 0.0355 e. The minimum absolute atomic E-state index is 1.08. The lowest BCUT2D eigenvalue weighted by Gasteiger charge is -2.05. The van der Waals surface area contributed by atoms with Gasteiger partial charge in [0.2, 0.25) is 0 Å². The summed E-state index contributed by atoms with van der Waals surface area (Å²) in [7, 11) is 0. The fourth-order valence-electron chi connectivity index (χ4n) is 2.67. The van der Waals surface area contributed by atoms with Gasteiger partial charge in [-0.15, -0.1) is 11.3 Å². The van der Waals surface area contributed by atoms with E-state index in [-0.39, 0.29) is 0 Å². The summed E-state index contributed by atoms with van der Waals surface area (Å²) in [4.78, 5) is 1.31. The second-order valence-corrected chi connectivity index (χ2v) is 8.30. The first-order valence-electron chi connectivity index (χ1n) is 7.24. The number of thiophene rings is 1. The second-order valence-electron chi connectivity index (χ2n) is 5.38. The molecule has 4 rings (SSSR count). The van der Waals surface area contributed by atoms with Gasteiger partial charge in [-0.25, -0.2) is 0 Å². The molecule has 0 unspecified atom stereocenters. The second kappa shape index (κ2) is 6.23. The molecule has 0 atom stereocenters. The van der Waals surface area contributed by atoms with Crippen molar-refractivity contribution in [2.45, 2.75) is 0 Å². The topological polar surface area (TPSA) is 0 Å². The molecule has 0 aliphatic carbocycles. The molecule has 0 saturated carbocycles. The summed E-state index contributed by atoms with van der Waals surface area (Å²) < 4.78 is 3.49. The minimum atomic E-state index is 1.08. The van der Waals surface area contributed by atoms with Crippen molar-refractivity contribution in [3.63, 3.8) is 0 Å². The van der Waals surface area contributed by atoms with E-state index in [1.165, 1.54) is 31.7 Å². The molecule has 3 aromatic carbocycles. The SMILES string of the molecule is Brc1cc(Br)cc(-c2ccc(-c3cc4ccccc4s3)cc2)c1. The van der Waals surface area contributed by atoms with Gasteiger partial charge in [-0.1, -0.05) is 74.3 Å². The molecule has 0 nitrogen and oxygen atoms in total. The Kier molecular flexibility index (Phi) is 4.10. The van der Waals surface area contributed by atoms with Crippen molar-refractivity contribution in [1.82, 2.24) is 0 Å². The third kappa shape index (κ3) is 3.14. The predicted molar refractivity (Wildman–Crippen MR) is 108 cm³/mol. The Hall–Kier alpha value is -1.42. The van der Waals surface area contributed by atoms with E-state index in [9.17, 15) is 0 Å². The summed E-state index contributed by atoms with van der Waals surface area (Å²) in [6.07, 6.45) is 0. The Morgan fingerprint density at radius 2 is 1.26 bits per heavy atom. The Balaban J connectivity index is 1.72. The molecule has 0 amide bonds. The van der Waals surface area contributed by atoms with Crippen LogP contribution in [0.2, 0.25) is 0 Å². The third-order valence-corrected chi connectivity index (χ3v) is 5.87. The average Bonchev–Trinajstić information content (AvgIpc) is 2.98. The van der Waals surface area contributed by atoms with Crippen molar-refractivity contribution in [2.75, 3.05) is 0 Å². The van der Waals surface area contributed by atoms with Gasteiger partial charge in [0.05, 0.1) is 0 Å². The van der Waals surface area contributed by atoms with Crippen LogP contribution >= 0.6 is 43.2 Å². The van der Waals surface area contributed by atoms with E-state index in [4.69, 9.17) is 0 Å². The van der Waals surface area contributed by atoms with Crippen molar-refractivity contribution in [3.8, 4) is 21.6 Å². The Morgan fingerprint density at radius 3 is 1.96 bits per heavy atom. The standard InChI is InChI=1S/C20H12Br2S/c21-17-9-16(10-18(22)12-17)13-5-7-14(8-6-13)20-11-15-3-1-2-4-19(15)23-20/h1-12H. The van der Waals surface area contributed by atoms with Gasteiger partial charge in [-0.05, 0) is 52.4 Å². The first-order chi connectivity index (χ1) is 11.2. The van der Waals surface area contributed by atoms with Gasteiger partial charge in [0, 0.05) is 18.5 Å². The monoisotopic (exact) mass is 442 g/mol. The van der Waals surface area contributed by atoms with Crippen LogP contribution in [0.15, 0.2) is 81.7 Å². The summed E-state index contributed by atoms with van der Waals surface area (Å²) in [5, 5.41) is 1.31. The van der Waals surface area contributed by atoms with Gasteiger partial charge in [-0.3, -0.25) is 0 Å². The zero-order chi connectivity index (χ0) is 15.8. The molecule has 1 heterocycles. The summed E-state index contributed by atoms with van der Waals surface area (Å²) in [5.74, 6) is 0. The van der Waals surface area contributed by atoms with E-state index in [0.717, 1.165) is 8.95 Å². The van der Waals surface area contributed by atoms with E-state index < -0.39 is 0 Å². The fraction of sp³-hybridized carbons (Fsp3) is 0. The zero-order valence-electron chi connectivity index (χ0n) is 12.1. The summed E-state index contributed by atoms with van der Waals surface area (Å²) >= 11 is 8.95. The van der Waals surface area contributed by atoms with Crippen LogP contribution in [0.5, 0.6) is 0 Å². The molecule has 112 valence electrons. The number of rotatable bonds is 2. The molecule has 23 heavy (non-hydrogen) atoms. The molecule has 0 aliphatic rings. The molecule has 3 heteroatoms. The van der Waals surface area contributed by atoms with E-state index in [1.54, 1.807) is 0 Å². The van der Waals surface area contributed by atoms with Crippen LogP contribution in [0.4, 0.5) is 0 Å². The van der Waals surface area contributed by atoms with Crippen molar-refractivity contribution in [1.29, 1.82) is 0 Å². The Bertz CT molecular complexity index is 931. The lowest BCUT2D eigenvalue weighted by Crippen LogP contribution is -1.80. The summed E-state index contributed by atoms with van der Waals surface area (Å²) in [6.45, 7) is 0. The normalized spacial score (nSPS) is 11.0. The summed E-state index contributed by atoms with van der Waals surface area (Å²) in [5.41, 5.74) is 3.69. The highest BCUT2D eigenvalue weighted by Gasteiger charge is 2.05. The highest BCUT2D eigenvalue weighted by molar-refractivity contribution is 9.11. The number of hydrogen-bond donors (Lipinski definition) is 0. The lowest BCUT2D eigenvalue weighted by atomic mass is 10.0. The molecular formula is C20H12Br2S. The van der Waals surface area contributed by atoms with Gasteiger partial charge in [0.1, 0.15) is 0 Å². The fourth-order valence-corrected chi connectivity index (χ4v) is 5.03. The maximum atomic E-state index is 3.55. The first kappa shape index (κ1) is 15.1. The highest BCUT2D eigenvalue weighted by atomic mass is 79.9. The highest BCUT2D eigenvalue weighted by Crippen LogP contribution is 2.35. The first-order valence-corrected chi connectivity index (χ1v) is 9.65. The molecule has 0 fully saturated rings. The molecule has 0 radical (unpaired) electrons. The van der Waals surface area contributed by atoms with Crippen LogP contribution in [0.25, 0.3) is 31.7 Å². The number of halogens is 2. The lowest BCUT2D eigenvalue weighted by molar-refractivity contribution is 1.56. The van der Waals surface area contributed by atoms with Gasteiger partial charge in [-0.2, -0.15) is 0 Å². The van der Waals surface area contributed by atoms with Gasteiger partial charge in [0.15, 0.2) is 0 Å². The molecule has 1 aromatic heterocycles. The molecular weight excluding hydrogens is 432 g/mol. The Morgan fingerprint density at radius 1 is 0.609 bits per heavy atom. The van der Waals surface area contributed by atoms with Crippen LogP contribution in [-0.4, -0.2) is 0 Å². The number of fused-ring (bicyclic) bond motifs is 1. The summed E-state index contributed by atoms with van der Waals surface area (Å²) in [6, 6.07) is 25.9. The van der Waals surface area contributed by atoms with E-state index in [0.29, 0.717) is 0 Å². The van der Waals surface area contributed by atoms with E-state index >= 15 is 0 Å². The molecule has 0 saturated heterocycles. The Labute approximate surface area is 156 Å². The van der Waals surface area contributed by atoms with E-state index in [1.807, 2.05) is 11.3 Å². The third-order valence-electron chi connectivity index (χ3n) is 3.79. The van der Waals surface area contributed by atoms with Gasteiger partial charge < -0.3 is 0 Å².